The maximum atomic E-state index is 12.8. The van der Waals surface area contributed by atoms with Crippen LogP contribution in [0.3, 0.4) is 0 Å². The average Bonchev–Trinajstić information content (AvgIpc) is 3.17. The Bertz CT molecular complexity index is 1320. The summed E-state index contributed by atoms with van der Waals surface area (Å²) in [4.78, 5) is 8.22. The quantitative estimate of drug-likeness (QED) is 0.494. The van der Waals surface area contributed by atoms with E-state index in [-0.39, 0.29) is 16.3 Å². The lowest BCUT2D eigenvalue weighted by Gasteiger charge is -2.13. The van der Waals surface area contributed by atoms with Crippen LogP contribution in [0, 0.1) is 0 Å². The topological polar surface area (TPSA) is 85.6 Å². The fourth-order valence-electron chi connectivity index (χ4n) is 2.94. The Balaban J connectivity index is 1.69. The number of halogens is 3. The first kappa shape index (κ1) is 20.7. The Morgan fingerprint density at radius 1 is 1.10 bits per heavy atom. The number of benzene rings is 2. The van der Waals surface area contributed by atoms with Crippen molar-refractivity contribution in [1.29, 1.82) is 0 Å². The lowest BCUT2D eigenvalue weighted by molar-refractivity contribution is -0.137. The number of nitrogens with one attached hydrogen (secondary N) is 1. The van der Waals surface area contributed by atoms with Crippen molar-refractivity contribution < 1.29 is 26.3 Å². The molecule has 0 spiro atoms. The van der Waals surface area contributed by atoms with Gasteiger partial charge in [0, 0.05) is 24.2 Å². The second-order valence-corrected chi connectivity index (χ2v) is 8.18. The first-order valence-electron chi connectivity index (χ1n) is 8.85. The summed E-state index contributed by atoms with van der Waals surface area (Å²) in [5.41, 5.74) is 0.323. The zero-order chi connectivity index (χ0) is 22.2. The third-order valence-corrected chi connectivity index (χ3v) is 5.85. The Morgan fingerprint density at radius 2 is 1.84 bits per heavy atom. The fraction of sp³-hybridized carbons (Fsp3) is 0.100. The molecule has 4 aromatic rings. The second kappa shape index (κ2) is 7.58. The normalized spacial score (nSPS) is 12.1. The molecular weight excluding hydrogens is 433 g/mol. The van der Waals surface area contributed by atoms with E-state index in [9.17, 15) is 21.6 Å². The minimum absolute atomic E-state index is 0.116. The molecule has 0 radical (unpaired) electrons. The zero-order valence-electron chi connectivity index (χ0n) is 16.0. The largest absolute Gasteiger partial charge is 0.495 e. The maximum absolute atomic E-state index is 12.8. The molecule has 0 unspecified atom stereocenters. The van der Waals surface area contributed by atoms with Crippen LogP contribution in [0.15, 0.2) is 72.0 Å². The van der Waals surface area contributed by atoms with Crippen LogP contribution >= 0.6 is 0 Å². The summed E-state index contributed by atoms with van der Waals surface area (Å²) in [5, 5.41) is 0. The van der Waals surface area contributed by atoms with Crippen molar-refractivity contribution in [2.75, 3.05) is 11.8 Å². The number of alkyl halides is 3. The highest BCUT2D eigenvalue weighted by Crippen LogP contribution is 2.33. The van der Waals surface area contributed by atoms with Gasteiger partial charge in [-0.1, -0.05) is 0 Å². The van der Waals surface area contributed by atoms with Gasteiger partial charge >= 0.3 is 6.18 Å². The summed E-state index contributed by atoms with van der Waals surface area (Å²) in [6.07, 6.45) is 0.550. The molecule has 2 aromatic heterocycles. The molecule has 0 aliphatic rings. The Labute approximate surface area is 175 Å². The van der Waals surface area contributed by atoms with Gasteiger partial charge in [0.25, 0.3) is 10.0 Å². The second-order valence-electron chi connectivity index (χ2n) is 6.50. The Kier molecular flexibility index (Phi) is 5.05. The van der Waals surface area contributed by atoms with Gasteiger partial charge in [-0.25, -0.2) is 18.4 Å². The molecular formula is C20H15F3N4O3S. The molecule has 0 bridgehead atoms. The minimum Gasteiger partial charge on any atom is -0.495 e. The monoisotopic (exact) mass is 448 g/mol. The number of hydrogen-bond donors (Lipinski definition) is 1. The van der Waals surface area contributed by atoms with E-state index in [0.29, 0.717) is 29.2 Å². The molecule has 2 heterocycles. The Morgan fingerprint density at radius 3 is 2.48 bits per heavy atom. The van der Waals surface area contributed by atoms with Crippen LogP contribution in [0.2, 0.25) is 0 Å². The van der Waals surface area contributed by atoms with Crippen LogP contribution in [0.1, 0.15) is 5.56 Å². The molecule has 11 heteroatoms. The highest BCUT2D eigenvalue weighted by atomic mass is 32.2. The first-order valence-corrected chi connectivity index (χ1v) is 10.3. The van der Waals surface area contributed by atoms with Gasteiger partial charge in [-0.05, 0) is 48.5 Å². The van der Waals surface area contributed by atoms with E-state index in [2.05, 4.69) is 14.7 Å². The van der Waals surface area contributed by atoms with Crippen LogP contribution in [-0.4, -0.2) is 29.9 Å². The molecule has 2 aromatic carbocycles. The van der Waals surface area contributed by atoms with Crippen molar-refractivity contribution in [3.05, 3.63) is 72.7 Å². The van der Waals surface area contributed by atoms with E-state index >= 15 is 0 Å². The van der Waals surface area contributed by atoms with Crippen LogP contribution in [0.5, 0.6) is 5.75 Å². The third kappa shape index (κ3) is 4.17. The molecule has 4 rings (SSSR count). The molecule has 0 saturated carbocycles. The van der Waals surface area contributed by atoms with Gasteiger partial charge in [0.05, 0.1) is 29.0 Å². The number of nitrogens with zero attached hydrogens (tertiary/aromatic N) is 3. The summed E-state index contributed by atoms with van der Waals surface area (Å²) in [7, 11) is -2.79. The van der Waals surface area contributed by atoms with Crippen molar-refractivity contribution in [3.63, 3.8) is 0 Å². The zero-order valence-corrected chi connectivity index (χ0v) is 16.8. The van der Waals surface area contributed by atoms with Gasteiger partial charge < -0.3 is 4.74 Å². The summed E-state index contributed by atoms with van der Waals surface area (Å²) < 4.78 is 73.0. The van der Waals surface area contributed by atoms with E-state index in [0.717, 1.165) is 12.1 Å². The number of ether oxygens (including phenoxy) is 1. The highest BCUT2D eigenvalue weighted by Gasteiger charge is 2.30. The van der Waals surface area contributed by atoms with Crippen molar-refractivity contribution >= 4 is 21.5 Å². The summed E-state index contributed by atoms with van der Waals surface area (Å²) in [5.74, 6) is 0.710. The van der Waals surface area contributed by atoms with Crippen molar-refractivity contribution in [2.24, 2.45) is 0 Å². The number of rotatable bonds is 5. The van der Waals surface area contributed by atoms with Gasteiger partial charge in [0.2, 0.25) is 5.78 Å². The van der Waals surface area contributed by atoms with Crippen molar-refractivity contribution in [2.45, 2.75) is 11.1 Å². The predicted octanol–water partition coefficient (Wildman–Crippen LogP) is 4.22. The predicted molar refractivity (Wildman–Crippen MR) is 107 cm³/mol. The molecule has 0 saturated heterocycles. The third-order valence-electron chi connectivity index (χ3n) is 4.47. The van der Waals surface area contributed by atoms with E-state index in [1.54, 1.807) is 41.2 Å². The summed E-state index contributed by atoms with van der Waals surface area (Å²) in [6, 6.07) is 9.77. The number of imidazole rings is 1. The lowest BCUT2D eigenvalue weighted by atomic mass is 10.1. The van der Waals surface area contributed by atoms with Crippen LogP contribution < -0.4 is 9.46 Å². The molecule has 0 atom stereocenters. The summed E-state index contributed by atoms with van der Waals surface area (Å²) in [6.45, 7) is 0. The first-order chi connectivity index (χ1) is 14.7. The van der Waals surface area contributed by atoms with E-state index in [1.807, 2.05) is 0 Å². The number of sulfonamides is 1. The molecule has 7 nitrogen and oxygen atoms in total. The van der Waals surface area contributed by atoms with Crippen molar-refractivity contribution in [3.8, 4) is 17.0 Å². The molecule has 0 fully saturated rings. The van der Waals surface area contributed by atoms with Gasteiger partial charge in [-0.2, -0.15) is 13.2 Å². The average molecular weight is 448 g/mol. The van der Waals surface area contributed by atoms with Crippen molar-refractivity contribution in [1.82, 2.24) is 14.4 Å². The van der Waals surface area contributed by atoms with Gasteiger partial charge in [-0.15, -0.1) is 0 Å². The summed E-state index contributed by atoms with van der Waals surface area (Å²) >= 11 is 0. The molecule has 0 amide bonds. The molecule has 0 aliphatic carbocycles. The van der Waals surface area contributed by atoms with Gasteiger partial charge in [0.1, 0.15) is 5.75 Å². The van der Waals surface area contributed by atoms with Crippen LogP contribution in [0.4, 0.5) is 18.9 Å². The smallest absolute Gasteiger partial charge is 0.416 e. The molecule has 0 aliphatic heterocycles. The fourth-order valence-corrected chi connectivity index (χ4v) is 4.00. The maximum Gasteiger partial charge on any atom is 0.416 e. The minimum atomic E-state index is -4.56. The number of fused-ring (bicyclic) bond motifs is 1. The lowest BCUT2D eigenvalue weighted by Crippen LogP contribution is -2.14. The standard InChI is InChI=1S/C20H15F3N4O3S/c1-30-18-8-3-13(17-12-27-10-2-9-24-19(27)25-17)11-16(18)26-31(28,29)15-6-4-14(5-7-15)20(21,22)23/h2-12,26H,1H3. The highest BCUT2D eigenvalue weighted by molar-refractivity contribution is 7.92. The molecule has 160 valence electrons. The van der Waals surface area contributed by atoms with Gasteiger partial charge in [-0.3, -0.25) is 9.12 Å². The molecule has 1 N–H and O–H groups in total. The Hall–Kier alpha value is -3.60. The van der Waals surface area contributed by atoms with Crippen LogP contribution in [0.25, 0.3) is 17.0 Å². The SMILES string of the molecule is COc1ccc(-c2cn3cccnc3n2)cc1NS(=O)(=O)c1ccc(C(F)(F)F)cc1. The van der Waals surface area contributed by atoms with Crippen LogP contribution in [-0.2, 0) is 16.2 Å². The number of hydrogen-bond acceptors (Lipinski definition) is 5. The number of methoxy groups -OCH3 is 1. The van der Waals surface area contributed by atoms with E-state index < -0.39 is 21.8 Å². The number of anilines is 1. The van der Waals surface area contributed by atoms with Gasteiger partial charge in [0.15, 0.2) is 0 Å². The molecule has 31 heavy (non-hydrogen) atoms. The van der Waals surface area contributed by atoms with E-state index in [4.69, 9.17) is 4.74 Å². The number of aromatic nitrogens is 3. The van der Waals surface area contributed by atoms with E-state index in [1.165, 1.54) is 13.2 Å².